The molecule has 0 atom stereocenters. The molecule has 4 nitrogen and oxygen atoms in total. The first-order valence-electron chi connectivity index (χ1n) is 26.4. The predicted octanol–water partition coefficient (Wildman–Crippen LogP) is 18.2. The van der Waals surface area contributed by atoms with Crippen LogP contribution in [0.25, 0.3) is 121 Å². The fourth-order valence-electron chi connectivity index (χ4n) is 13.4. The minimum Gasteiger partial charge on any atom is -0.456 e. The molecule has 5 heterocycles. The van der Waals surface area contributed by atoms with Crippen LogP contribution in [0.1, 0.15) is 52.7 Å². The SMILES string of the molecule is CC(C)(C)c1cc(N2c3cc4c(-c5ccccc5)c5ccccc5c(-c5ccccc5)c4cc3B3c4c2cc2oc5ccccc5c2c4-c2cc4c5ccccc5oc4c4c5ccccc5n3c24)cc(C(C)(C)C)c1. The Bertz CT molecular complexity index is 4760. The van der Waals surface area contributed by atoms with E-state index in [0.717, 1.165) is 66.3 Å². The second-order valence-electron chi connectivity index (χ2n) is 23.2. The van der Waals surface area contributed by atoms with Gasteiger partial charge in [0.15, 0.2) is 0 Å². The third kappa shape index (κ3) is 5.84. The second-order valence-corrected chi connectivity index (χ2v) is 23.2. The van der Waals surface area contributed by atoms with E-state index in [2.05, 4.69) is 251 Å². The van der Waals surface area contributed by atoms with Gasteiger partial charge in [-0.05, 0) is 125 Å². The van der Waals surface area contributed by atoms with Crippen molar-refractivity contribution >= 4 is 122 Å². The van der Waals surface area contributed by atoms with Gasteiger partial charge in [0.25, 0.3) is 0 Å². The molecule has 0 unspecified atom stereocenters. The zero-order chi connectivity index (χ0) is 50.2. The highest BCUT2D eigenvalue weighted by atomic mass is 16.3. The second kappa shape index (κ2) is 14.9. The maximum atomic E-state index is 7.14. The van der Waals surface area contributed by atoms with Crippen molar-refractivity contribution in [2.75, 3.05) is 4.90 Å². The summed E-state index contributed by atoms with van der Waals surface area (Å²) in [6.07, 6.45) is 0. The van der Waals surface area contributed by atoms with E-state index in [4.69, 9.17) is 8.83 Å². The maximum Gasteiger partial charge on any atom is 0.333 e. The maximum absolute atomic E-state index is 7.14. The highest BCUT2D eigenvalue weighted by Crippen LogP contribution is 2.54. The third-order valence-corrected chi connectivity index (χ3v) is 16.8. The summed E-state index contributed by atoms with van der Waals surface area (Å²) in [6.45, 7) is 13.8. The summed E-state index contributed by atoms with van der Waals surface area (Å²) < 4.78 is 16.9. The molecular formula is C70H51BN2O2. The van der Waals surface area contributed by atoms with E-state index in [1.807, 2.05) is 0 Å². The van der Waals surface area contributed by atoms with Crippen molar-refractivity contribution in [3.63, 3.8) is 0 Å². The van der Waals surface area contributed by atoms with E-state index in [1.54, 1.807) is 0 Å². The lowest BCUT2D eigenvalue weighted by atomic mass is 9.44. The standard InChI is InChI=1S/C70H51BN2O2/c1-69(2,3)42-33-43(70(4,5)6)35-44(34-42)72-56-38-51-50(61(40-21-9-7-10-22-40)46-26-13-14-27-47(46)62(51)41-23-11-8-12-24-41)37-54(56)71-66-57(72)39-60-63(49-29-17-20-32-59(49)74-60)64(66)53-36-52-45-25-16-19-31-58(45)75-68(52)65-48-28-15-18-30-55(48)73(71)67(53)65/h7-39H,1-6H3. The number of hydrogen-bond acceptors (Lipinski definition) is 3. The number of furan rings is 2. The van der Waals surface area contributed by atoms with Crippen molar-refractivity contribution < 1.29 is 8.83 Å². The molecule has 2 aliphatic heterocycles. The van der Waals surface area contributed by atoms with Crippen molar-refractivity contribution in [3.8, 4) is 33.4 Å². The molecule has 0 saturated heterocycles. The topological polar surface area (TPSA) is 34.5 Å². The van der Waals surface area contributed by atoms with Crippen LogP contribution in [-0.4, -0.2) is 11.3 Å². The average Bonchev–Trinajstić information content (AvgIpc) is 4.30. The number of hydrogen-bond donors (Lipinski definition) is 0. The van der Waals surface area contributed by atoms with Crippen molar-refractivity contribution in [1.82, 2.24) is 4.48 Å². The molecule has 0 spiro atoms. The van der Waals surface area contributed by atoms with E-state index in [-0.39, 0.29) is 17.7 Å². The first kappa shape index (κ1) is 42.7. The fourth-order valence-corrected chi connectivity index (χ4v) is 13.4. The van der Waals surface area contributed by atoms with Crippen LogP contribution in [0.5, 0.6) is 0 Å². The molecule has 2 aliphatic rings. The molecule has 356 valence electrons. The number of aromatic nitrogens is 1. The van der Waals surface area contributed by atoms with Gasteiger partial charge in [0.1, 0.15) is 22.3 Å². The number of anilines is 3. The Morgan fingerprint density at radius 2 is 0.947 bits per heavy atom. The lowest BCUT2D eigenvalue weighted by molar-refractivity contribution is 0.569. The highest BCUT2D eigenvalue weighted by molar-refractivity contribution is 6.90. The van der Waals surface area contributed by atoms with Gasteiger partial charge in [-0.1, -0.05) is 193 Å². The summed E-state index contributed by atoms with van der Waals surface area (Å²) in [4.78, 5) is 2.62. The van der Waals surface area contributed by atoms with Gasteiger partial charge in [-0.25, -0.2) is 0 Å². The van der Waals surface area contributed by atoms with Gasteiger partial charge >= 0.3 is 6.85 Å². The van der Waals surface area contributed by atoms with Crippen molar-refractivity contribution in [3.05, 3.63) is 211 Å². The summed E-state index contributed by atoms with van der Waals surface area (Å²) >= 11 is 0. The number of nitrogens with zero attached hydrogens (tertiary/aromatic N) is 2. The summed E-state index contributed by atoms with van der Waals surface area (Å²) in [5.41, 5.74) is 21.5. The summed E-state index contributed by atoms with van der Waals surface area (Å²) in [5.74, 6) is 0. The molecule has 0 fully saturated rings. The van der Waals surface area contributed by atoms with Crippen LogP contribution in [0.3, 0.4) is 0 Å². The van der Waals surface area contributed by atoms with Gasteiger partial charge < -0.3 is 18.2 Å². The molecule has 0 saturated carbocycles. The van der Waals surface area contributed by atoms with E-state index in [9.17, 15) is 0 Å². The predicted molar refractivity (Wildman–Crippen MR) is 318 cm³/mol. The van der Waals surface area contributed by atoms with Crippen LogP contribution in [0.15, 0.2) is 209 Å². The van der Waals surface area contributed by atoms with Crippen LogP contribution in [0.4, 0.5) is 17.1 Å². The minimum atomic E-state index is -0.247. The molecule has 5 heteroatoms. The van der Waals surface area contributed by atoms with E-state index in [0.29, 0.717) is 0 Å². The molecule has 75 heavy (non-hydrogen) atoms. The monoisotopic (exact) mass is 962 g/mol. The number of para-hydroxylation sites is 3. The fraction of sp³-hybridized carbons (Fsp3) is 0.114. The Morgan fingerprint density at radius 1 is 0.400 bits per heavy atom. The van der Waals surface area contributed by atoms with E-state index >= 15 is 0 Å². The smallest absolute Gasteiger partial charge is 0.333 e. The van der Waals surface area contributed by atoms with Gasteiger partial charge in [0.05, 0.1) is 5.39 Å². The van der Waals surface area contributed by atoms with Gasteiger partial charge in [0.2, 0.25) is 0 Å². The summed E-state index contributed by atoms with van der Waals surface area (Å²) in [7, 11) is 0. The Morgan fingerprint density at radius 3 is 1.59 bits per heavy atom. The largest absolute Gasteiger partial charge is 0.456 e. The molecule has 0 bridgehead atoms. The molecule has 0 amide bonds. The minimum absolute atomic E-state index is 0.125. The number of benzene rings is 11. The first-order chi connectivity index (χ1) is 36.5. The quantitative estimate of drug-likeness (QED) is 0.131. The first-order valence-corrected chi connectivity index (χ1v) is 26.4. The highest BCUT2D eigenvalue weighted by Gasteiger charge is 2.46. The van der Waals surface area contributed by atoms with Gasteiger partial charge in [-0.3, -0.25) is 0 Å². The molecule has 0 radical (unpaired) electrons. The lowest BCUT2D eigenvalue weighted by Crippen LogP contribution is -2.56. The molecule has 14 aromatic rings. The zero-order valence-electron chi connectivity index (χ0n) is 42.8. The third-order valence-electron chi connectivity index (χ3n) is 16.8. The van der Waals surface area contributed by atoms with Crippen molar-refractivity contribution in [1.29, 1.82) is 0 Å². The summed E-state index contributed by atoms with van der Waals surface area (Å²) in [5, 5.41) is 11.7. The number of fused-ring (bicyclic) bond motifs is 17. The van der Waals surface area contributed by atoms with Crippen molar-refractivity contribution in [2.24, 2.45) is 0 Å². The zero-order valence-corrected chi connectivity index (χ0v) is 42.8. The van der Waals surface area contributed by atoms with Crippen LogP contribution in [0, 0.1) is 0 Å². The van der Waals surface area contributed by atoms with E-state index < -0.39 is 0 Å². The Kier molecular flexibility index (Phi) is 8.49. The van der Waals surface area contributed by atoms with Crippen LogP contribution in [-0.2, 0) is 10.8 Å². The van der Waals surface area contributed by atoms with Gasteiger partial charge in [-0.15, -0.1) is 0 Å². The Labute approximate surface area is 435 Å². The van der Waals surface area contributed by atoms with Crippen LogP contribution < -0.4 is 15.8 Å². The lowest BCUT2D eigenvalue weighted by Gasteiger charge is -2.41. The average molecular weight is 963 g/mol. The molecule has 0 aliphatic carbocycles. The van der Waals surface area contributed by atoms with Crippen molar-refractivity contribution in [2.45, 2.75) is 52.4 Å². The Hall–Kier alpha value is -8.80. The number of rotatable bonds is 3. The van der Waals surface area contributed by atoms with E-state index in [1.165, 1.54) is 93.4 Å². The van der Waals surface area contributed by atoms with Crippen LogP contribution >= 0.6 is 0 Å². The Balaban J connectivity index is 1.17. The summed E-state index contributed by atoms with van der Waals surface area (Å²) in [6, 6.07) is 74.7. The molecular weight excluding hydrogens is 912 g/mol. The molecule has 11 aromatic carbocycles. The molecule has 3 aromatic heterocycles. The molecule has 0 N–H and O–H groups in total. The van der Waals surface area contributed by atoms with Gasteiger partial charge in [0, 0.05) is 66.7 Å². The van der Waals surface area contributed by atoms with Crippen LogP contribution in [0.2, 0.25) is 0 Å². The normalized spacial score (nSPS) is 13.4. The van der Waals surface area contributed by atoms with Gasteiger partial charge in [-0.2, -0.15) is 0 Å². The molecule has 16 rings (SSSR count).